The van der Waals surface area contributed by atoms with Crippen LogP contribution in [0.2, 0.25) is 0 Å². The van der Waals surface area contributed by atoms with Gasteiger partial charge in [-0.05, 0) is 0 Å². The Labute approximate surface area is 131 Å². The fourth-order valence-electron chi connectivity index (χ4n) is 1.75. The Morgan fingerprint density at radius 2 is 2.05 bits per heavy atom. The van der Waals surface area contributed by atoms with Crippen molar-refractivity contribution in [2.45, 2.75) is 6.42 Å². The summed E-state index contributed by atoms with van der Waals surface area (Å²) in [5.74, 6) is -1.19. The second-order valence-electron chi connectivity index (χ2n) is 4.48. The van der Waals surface area contributed by atoms with E-state index in [1.54, 1.807) is 0 Å². The molecule has 0 aliphatic rings. The molecule has 0 spiro atoms. The van der Waals surface area contributed by atoms with Crippen molar-refractivity contribution in [3.05, 3.63) is 41.4 Å². The van der Waals surface area contributed by atoms with E-state index in [1.165, 1.54) is 11.3 Å². The van der Waals surface area contributed by atoms with Crippen molar-refractivity contribution >= 4 is 23.2 Å². The summed E-state index contributed by atoms with van der Waals surface area (Å²) in [7, 11) is 0. The van der Waals surface area contributed by atoms with Crippen LogP contribution in [0.5, 0.6) is 0 Å². The number of carboxylic acids is 1. The Balaban J connectivity index is 1.76. The van der Waals surface area contributed by atoms with E-state index < -0.39 is 5.97 Å². The number of rotatable bonds is 8. The third kappa shape index (κ3) is 5.27. The third-order valence-electron chi connectivity index (χ3n) is 2.71. The number of carbonyl (C=O) groups is 2. The highest BCUT2D eigenvalue weighted by Crippen LogP contribution is 2.23. The molecule has 1 amide bonds. The van der Waals surface area contributed by atoms with Gasteiger partial charge in [-0.25, -0.2) is 9.78 Å². The first-order valence-corrected chi connectivity index (χ1v) is 7.59. The van der Waals surface area contributed by atoms with Gasteiger partial charge in [0.05, 0.1) is 18.7 Å². The molecule has 0 radical (unpaired) electrons. The summed E-state index contributed by atoms with van der Waals surface area (Å²) < 4.78 is 4.83. The predicted molar refractivity (Wildman–Crippen MR) is 82.7 cm³/mol. The lowest BCUT2D eigenvalue weighted by Crippen LogP contribution is -2.29. The molecule has 2 aromatic rings. The van der Waals surface area contributed by atoms with E-state index in [0.29, 0.717) is 5.69 Å². The van der Waals surface area contributed by atoms with Gasteiger partial charge in [-0.1, -0.05) is 30.3 Å². The molecule has 0 fully saturated rings. The Kier molecular flexibility index (Phi) is 6.05. The molecule has 0 unspecified atom stereocenters. The van der Waals surface area contributed by atoms with Crippen LogP contribution in [0.1, 0.15) is 5.69 Å². The van der Waals surface area contributed by atoms with Gasteiger partial charge in [0.2, 0.25) is 5.91 Å². The molecule has 0 bridgehead atoms. The molecule has 2 rings (SSSR count). The van der Waals surface area contributed by atoms with Crippen molar-refractivity contribution in [1.29, 1.82) is 0 Å². The molecule has 22 heavy (non-hydrogen) atoms. The van der Waals surface area contributed by atoms with E-state index in [0.717, 1.165) is 10.6 Å². The zero-order chi connectivity index (χ0) is 15.8. The minimum Gasteiger partial charge on any atom is -0.480 e. The summed E-state index contributed by atoms with van der Waals surface area (Å²) >= 11 is 1.50. The van der Waals surface area contributed by atoms with Crippen LogP contribution in [-0.4, -0.2) is 41.7 Å². The van der Waals surface area contributed by atoms with Crippen molar-refractivity contribution in [1.82, 2.24) is 10.3 Å². The number of benzene rings is 1. The standard InChI is InChI=1S/C15H16N2O4S/c18-13(16-6-7-21-9-14(19)20)8-12-10-22-15(17-12)11-4-2-1-3-5-11/h1-5,10H,6-9H2,(H,16,18)(H,19,20). The van der Waals surface area contributed by atoms with Gasteiger partial charge in [-0.3, -0.25) is 4.79 Å². The number of aliphatic carboxylic acids is 1. The molecular formula is C15H16N2O4S. The van der Waals surface area contributed by atoms with E-state index >= 15 is 0 Å². The highest BCUT2D eigenvalue weighted by Gasteiger charge is 2.08. The second kappa shape index (κ2) is 8.26. The largest absolute Gasteiger partial charge is 0.480 e. The zero-order valence-electron chi connectivity index (χ0n) is 11.8. The normalized spacial score (nSPS) is 10.4. The minimum absolute atomic E-state index is 0.163. The molecule has 1 aromatic carbocycles. The van der Waals surface area contributed by atoms with Crippen LogP contribution in [0, 0.1) is 0 Å². The number of amides is 1. The molecule has 0 saturated heterocycles. The number of nitrogens with one attached hydrogen (secondary N) is 1. The smallest absolute Gasteiger partial charge is 0.329 e. The zero-order valence-corrected chi connectivity index (χ0v) is 12.6. The third-order valence-corrected chi connectivity index (χ3v) is 3.65. The first kappa shape index (κ1) is 16.1. The number of carbonyl (C=O) groups excluding carboxylic acids is 1. The van der Waals surface area contributed by atoms with E-state index in [-0.39, 0.29) is 32.1 Å². The van der Waals surface area contributed by atoms with Crippen LogP contribution >= 0.6 is 11.3 Å². The topological polar surface area (TPSA) is 88.5 Å². The average Bonchev–Trinajstić information content (AvgIpc) is 2.96. The van der Waals surface area contributed by atoms with Gasteiger partial charge in [0, 0.05) is 17.5 Å². The van der Waals surface area contributed by atoms with Crippen molar-refractivity contribution in [3.63, 3.8) is 0 Å². The number of nitrogens with zero attached hydrogens (tertiary/aromatic N) is 1. The summed E-state index contributed by atoms with van der Waals surface area (Å²) in [6.07, 6.45) is 0.197. The quantitative estimate of drug-likeness (QED) is 0.721. The van der Waals surface area contributed by atoms with Crippen molar-refractivity contribution in [2.24, 2.45) is 0 Å². The molecular weight excluding hydrogens is 304 g/mol. The highest BCUT2D eigenvalue weighted by atomic mass is 32.1. The summed E-state index contributed by atoms with van der Waals surface area (Å²) in [5.41, 5.74) is 1.74. The van der Waals surface area contributed by atoms with Gasteiger partial charge in [0.1, 0.15) is 11.6 Å². The lowest BCUT2D eigenvalue weighted by atomic mass is 10.2. The fraction of sp³-hybridized carbons (Fsp3) is 0.267. The molecule has 0 atom stereocenters. The van der Waals surface area contributed by atoms with Crippen LogP contribution in [0.3, 0.4) is 0 Å². The Bertz CT molecular complexity index is 627. The number of aromatic nitrogens is 1. The lowest BCUT2D eigenvalue weighted by Gasteiger charge is -2.04. The first-order chi connectivity index (χ1) is 10.6. The van der Waals surface area contributed by atoms with Crippen molar-refractivity contribution in [3.8, 4) is 10.6 Å². The van der Waals surface area contributed by atoms with Gasteiger partial charge in [-0.2, -0.15) is 0 Å². The molecule has 6 nitrogen and oxygen atoms in total. The van der Waals surface area contributed by atoms with Gasteiger partial charge < -0.3 is 15.2 Å². The lowest BCUT2D eigenvalue weighted by molar-refractivity contribution is -0.142. The van der Waals surface area contributed by atoms with E-state index in [1.807, 2.05) is 35.7 Å². The van der Waals surface area contributed by atoms with E-state index in [2.05, 4.69) is 10.3 Å². The van der Waals surface area contributed by atoms with Gasteiger partial charge in [0.25, 0.3) is 0 Å². The molecule has 1 heterocycles. The summed E-state index contributed by atoms with van der Waals surface area (Å²) in [5, 5.41) is 13.8. The number of thiazole rings is 1. The van der Waals surface area contributed by atoms with Crippen LogP contribution in [0.25, 0.3) is 10.6 Å². The number of ether oxygens (including phenoxy) is 1. The first-order valence-electron chi connectivity index (χ1n) is 6.71. The maximum atomic E-state index is 11.7. The molecule has 116 valence electrons. The highest BCUT2D eigenvalue weighted by molar-refractivity contribution is 7.13. The Morgan fingerprint density at radius 3 is 2.77 bits per heavy atom. The number of hydrogen-bond donors (Lipinski definition) is 2. The van der Waals surface area contributed by atoms with Crippen LogP contribution in [-0.2, 0) is 20.7 Å². The Morgan fingerprint density at radius 1 is 1.27 bits per heavy atom. The monoisotopic (exact) mass is 320 g/mol. The molecule has 1 aromatic heterocycles. The van der Waals surface area contributed by atoms with E-state index in [9.17, 15) is 9.59 Å². The summed E-state index contributed by atoms with van der Waals surface area (Å²) in [6.45, 7) is 0.0918. The van der Waals surface area contributed by atoms with Crippen molar-refractivity contribution in [2.75, 3.05) is 19.8 Å². The van der Waals surface area contributed by atoms with Crippen LogP contribution < -0.4 is 5.32 Å². The molecule has 0 aliphatic carbocycles. The Hall–Kier alpha value is -2.25. The number of hydrogen-bond acceptors (Lipinski definition) is 5. The van der Waals surface area contributed by atoms with Gasteiger partial charge in [-0.15, -0.1) is 11.3 Å². The van der Waals surface area contributed by atoms with E-state index in [4.69, 9.17) is 9.84 Å². The maximum Gasteiger partial charge on any atom is 0.329 e. The molecule has 2 N–H and O–H groups in total. The van der Waals surface area contributed by atoms with Crippen LogP contribution in [0.4, 0.5) is 0 Å². The molecule has 0 saturated carbocycles. The number of carboxylic acid groups (broad SMARTS) is 1. The maximum absolute atomic E-state index is 11.7. The fourth-order valence-corrected chi connectivity index (χ4v) is 2.58. The minimum atomic E-state index is -1.03. The molecule has 0 aliphatic heterocycles. The van der Waals surface area contributed by atoms with Crippen molar-refractivity contribution < 1.29 is 19.4 Å². The molecule has 7 heteroatoms. The summed E-state index contributed by atoms with van der Waals surface area (Å²) in [4.78, 5) is 26.4. The predicted octanol–water partition coefficient (Wildman–Crippen LogP) is 1.57. The van der Waals surface area contributed by atoms with Gasteiger partial charge >= 0.3 is 5.97 Å². The van der Waals surface area contributed by atoms with Gasteiger partial charge in [0.15, 0.2) is 0 Å². The summed E-state index contributed by atoms with van der Waals surface area (Å²) in [6, 6.07) is 9.78. The average molecular weight is 320 g/mol. The second-order valence-corrected chi connectivity index (χ2v) is 5.34. The SMILES string of the molecule is O=C(O)COCCNC(=O)Cc1csc(-c2ccccc2)n1. The van der Waals surface area contributed by atoms with Crippen LogP contribution in [0.15, 0.2) is 35.7 Å².